The molecule has 0 aliphatic carbocycles. The molecule has 0 spiro atoms. The first kappa shape index (κ1) is 17.2. The van der Waals surface area contributed by atoms with Gasteiger partial charge in [0.25, 0.3) is 0 Å². The van der Waals surface area contributed by atoms with Crippen LogP contribution in [0.15, 0.2) is 36.7 Å². The van der Waals surface area contributed by atoms with Crippen LogP contribution in [0.5, 0.6) is 5.75 Å². The summed E-state index contributed by atoms with van der Waals surface area (Å²) < 4.78 is 11.6. The van der Waals surface area contributed by atoms with Crippen LogP contribution < -0.4 is 10.1 Å². The Labute approximate surface area is 149 Å². The van der Waals surface area contributed by atoms with Gasteiger partial charge in [-0.1, -0.05) is 0 Å². The molecule has 0 saturated carbocycles. The van der Waals surface area contributed by atoms with Gasteiger partial charge in [-0.3, -0.25) is 10.3 Å². The summed E-state index contributed by atoms with van der Waals surface area (Å²) in [6.45, 7) is 5.45. The number of pyridine rings is 1. The van der Waals surface area contributed by atoms with Crippen molar-refractivity contribution in [2.75, 3.05) is 12.4 Å². The normalized spacial score (nSPS) is 11.4. The van der Waals surface area contributed by atoms with Gasteiger partial charge in [0, 0.05) is 11.8 Å². The van der Waals surface area contributed by atoms with Crippen LogP contribution >= 0.6 is 11.3 Å². The van der Waals surface area contributed by atoms with Crippen LogP contribution in [0, 0.1) is 0 Å². The fraction of sp³-hybridized carbons (Fsp3) is 0.278. The molecule has 0 aliphatic rings. The number of thiazole rings is 1. The van der Waals surface area contributed by atoms with Crippen molar-refractivity contribution in [2.45, 2.75) is 26.4 Å². The van der Waals surface area contributed by atoms with Crippen LogP contribution in [0.2, 0.25) is 0 Å². The molecule has 3 rings (SSSR count). The van der Waals surface area contributed by atoms with Crippen LogP contribution in [-0.2, 0) is 4.74 Å². The second kappa shape index (κ2) is 6.68. The van der Waals surface area contributed by atoms with Gasteiger partial charge in [0.15, 0.2) is 0 Å². The Bertz CT molecular complexity index is 915. The summed E-state index contributed by atoms with van der Waals surface area (Å²) in [6, 6.07) is 7.55. The molecule has 7 heteroatoms. The van der Waals surface area contributed by atoms with Gasteiger partial charge in [-0.05, 0) is 45.0 Å². The van der Waals surface area contributed by atoms with Gasteiger partial charge in [-0.25, -0.2) is 9.78 Å². The summed E-state index contributed by atoms with van der Waals surface area (Å²) in [7, 11) is 1.63. The zero-order valence-electron chi connectivity index (χ0n) is 14.5. The molecular formula is C18H19N3O3S. The van der Waals surface area contributed by atoms with Crippen molar-refractivity contribution < 1.29 is 14.3 Å². The van der Waals surface area contributed by atoms with Crippen molar-refractivity contribution in [3.8, 4) is 16.3 Å². The van der Waals surface area contributed by atoms with E-state index in [2.05, 4.69) is 15.3 Å². The Kier molecular flexibility index (Phi) is 4.59. The molecule has 130 valence electrons. The molecule has 0 aliphatic heterocycles. The van der Waals surface area contributed by atoms with E-state index in [1.54, 1.807) is 19.5 Å². The molecule has 6 nitrogen and oxygen atoms in total. The highest BCUT2D eigenvalue weighted by Gasteiger charge is 2.18. The van der Waals surface area contributed by atoms with Gasteiger partial charge in [0.05, 0.1) is 29.2 Å². The number of carbonyl (C=O) groups is 1. The lowest BCUT2D eigenvalue weighted by molar-refractivity contribution is 0.0636. The summed E-state index contributed by atoms with van der Waals surface area (Å²) in [4.78, 5) is 20.8. The molecule has 1 amide bonds. The molecular weight excluding hydrogens is 338 g/mol. The molecule has 0 saturated heterocycles. The van der Waals surface area contributed by atoms with E-state index in [-0.39, 0.29) is 0 Å². The molecule has 25 heavy (non-hydrogen) atoms. The van der Waals surface area contributed by atoms with Gasteiger partial charge in [0.2, 0.25) is 0 Å². The number of hydrogen-bond donors (Lipinski definition) is 1. The average Bonchev–Trinajstić information content (AvgIpc) is 2.96. The Morgan fingerprint density at radius 3 is 2.76 bits per heavy atom. The van der Waals surface area contributed by atoms with E-state index in [0.717, 1.165) is 26.5 Å². The first-order chi connectivity index (χ1) is 11.9. The number of methoxy groups -OCH3 is 1. The Morgan fingerprint density at radius 2 is 2.04 bits per heavy atom. The maximum atomic E-state index is 12.1. The first-order valence-corrected chi connectivity index (χ1v) is 8.56. The first-order valence-electron chi connectivity index (χ1n) is 7.75. The number of hydrogen-bond acceptors (Lipinski definition) is 6. The Morgan fingerprint density at radius 1 is 1.24 bits per heavy atom. The number of fused-ring (bicyclic) bond motifs is 1. The fourth-order valence-electron chi connectivity index (χ4n) is 2.24. The van der Waals surface area contributed by atoms with Gasteiger partial charge < -0.3 is 9.47 Å². The fourth-order valence-corrected chi connectivity index (χ4v) is 3.27. The van der Waals surface area contributed by atoms with Gasteiger partial charge in [-0.15, -0.1) is 11.3 Å². The zero-order valence-corrected chi connectivity index (χ0v) is 15.3. The molecule has 0 atom stereocenters. The predicted molar refractivity (Wildman–Crippen MR) is 99.3 cm³/mol. The summed E-state index contributed by atoms with van der Waals surface area (Å²) in [5, 5.41) is 3.54. The second-order valence-corrected chi connectivity index (χ2v) is 7.43. The van der Waals surface area contributed by atoms with Crippen molar-refractivity contribution in [3.63, 3.8) is 0 Å². The van der Waals surface area contributed by atoms with E-state index in [9.17, 15) is 4.79 Å². The third kappa shape index (κ3) is 4.06. The minimum Gasteiger partial charge on any atom is -0.497 e. The number of aromatic nitrogens is 2. The predicted octanol–water partition coefficient (Wildman–Crippen LogP) is 4.71. The number of nitrogens with one attached hydrogen (secondary N) is 1. The van der Waals surface area contributed by atoms with E-state index in [4.69, 9.17) is 9.47 Å². The molecule has 1 aromatic carbocycles. The number of ether oxygens (including phenoxy) is 2. The topological polar surface area (TPSA) is 73.3 Å². The lowest BCUT2D eigenvalue weighted by Gasteiger charge is -2.20. The van der Waals surface area contributed by atoms with E-state index in [1.165, 1.54) is 11.3 Å². The van der Waals surface area contributed by atoms with Crippen molar-refractivity contribution >= 4 is 33.3 Å². The van der Waals surface area contributed by atoms with Crippen LogP contribution in [0.4, 0.5) is 10.5 Å². The SMILES string of the molecule is COc1ccc2nc(-c3ccncc3NC(=O)OC(C)(C)C)sc2c1. The summed E-state index contributed by atoms with van der Waals surface area (Å²) in [5.74, 6) is 0.782. The van der Waals surface area contributed by atoms with Crippen molar-refractivity contribution in [1.29, 1.82) is 0 Å². The van der Waals surface area contributed by atoms with Crippen molar-refractivity contribution in [1.82, 2.24) is 9.97 Å². The average molecular weight is 357 g/mol. The number of amides is 1. The van der Waals surface area contributed by atoms with Crippen molar-refractivity contribution in [2.24, 2.45) is 0 Å². The molecule has 0 unspecified atom stereocenters. The highest BCUT2D eigenvalue weighted by Crippen LogP contribution is 2.35. The second-order valence-electron chi connectivity index (χ2n) is 6.40. The number of nitrogens with zero attached hydrogens (tertiary/aromatic N) is 2. The maximum Gasteiger partial charge on any atom is 0.412 e. The smallest absolute Gasteiger partial charge is 0.412 e. The lowest BCUT2D eigenvalue weighted by Crippen LogP contribution is -2.27. The molecule has 0 fully saturated rings. The highest BCUT2D eigenvalue weighted by atomic mass is 32.1. The van der Waals surface area contributed by atoms with Gasteiger partial charge in [-0.2, -0.15) is 0 Å². The summed E-state index contributed by atoms with van der Waals surface area (Å²) in [5.41, 5.74) is 1.66. The molecule has 1 N–H and O–H groups in total. The Hall–Kier alpha value is -2.67. The molecule has 2 aromatic heterocycles. The minimum atomic E-state index is -0.571. The molecule has 3 aromatic rings. The lowest BCUT2D eigenvalue weighted by atomic mass is 10.2. The van der Waals surface area contributed by atoms with Crippen LogP contribution in [0.1, 0.15) is 20.8 Å². The van der Waals surface area contributed by atoms with Crippen LogP contribution in [0.3, 0.4) is 0 Å². The van der Waals surface area contributed by atoms with Crippen LogP contribution in [0.25, 0.3) is 20.8 Å². The van der Waals surface area contributed by atoms with Gasteiger partial charge >= 0.3 is 6.09 Å². The van der Waals surface area contributed by atoms with E-state index in [0.29, 0.717) is 5.69 Å². The summed E-state index contributed by atoms with van der Waals surface area (Å²) in [6.07, 6.45) is 2.73. The largest absolute Gasteiger partial charge is 0.497 e. The van der Waals surface area contributed by atoms with Crippen LogP contribution in [-0.4, -0.2) is 28.8 Å². The Balaban J connectivity index is 1.94. The number of carbonyl (C=O) groups excluding carboxylic acids is 1. The summed E-state index contributed by atoms with van der Waals surface area (Å²) >= 11 is 1.52. The number of rotatable bonds is 3. The molecule has 0 bridgehead atoms. The number of benzene rings is 1. The third-order valence-corrected chi connectivity index (χ3v) is 4.33. The minimum absolute atomic E-state index is 0.524. The molecule has 0 radical (unpaired) electrons. The third-order valence-electron chi connectivity index (χ3n) is 3.28. The van der Waals surface area contributed by atoms with Gasteiger partial charge in [0.1, 0.15) is 16.4 Å². The monoisotopic (exact) mass is 357 g/mol. The standard InChI is InChI=1S/C18H19N3O3S/c1-18(2,3)24-17(22)21-14-10-19-8-7-12(14)16-20-13-6-5-11(23-4)9-15(13)25-16/h5-10H,1-4H3,(H,21,22). The quantitative estimate of drug-likeness (QED) is 0.734. The van der Waals surface area contributed by atoms with E-state index < -0.39 is 11.7 Å². The van der Waals surface area contributed by atoms with E-state index in [1.807, 2.05) is 45.0 Å². The maximum absolute atomic E-state index is 12.1. The zero-order chi connectivity index (χ0) is 18.0. The number of anilines is 1. The van der Waals surface area contributed by atoms with E-state index >= 15 is 0 Å². The highest BCUT2D eigenvalue weighted by molar-refractivity contribution is 7.21. The van der Waals surface area contributed by atoms with Crippen molar-refractivity contribution in [3.05, 3.63) is 36.7 Å². The molecule has 2 heterocycles.